The highest BCUT2D eigenvalue weighted by Gasteiger charge is 2.17. The molecular weight excluding hydrogens is 545 g/mol. The maximum Gasteiger partial charge on any atom is 0.139 e. The molecule has 0 aliphatic rings. The number of hydrogen-bond donors (Lipinski definition) is 1. The smallest absolute Gasteiger partial charge is 0.139 e. The van der Waals surface area contributed by atoms with Crippen LogP contribution in [0.15, 0.2) is 134 Å². The summed E-state index contributed by atoms with van der Waals surface area (Å²) >= 11 is 1.72. The van der Waals surface area contributed by atoms with Gasteiger partial charge in [-0.2, -0.15) is 0 Å². The molecule has 0 amide bonds. The van der Waals surface area contributed by atoms with Crippen molar-refractivity contribution in [2.24, 2.45) is 0 Å². The first kappa shape index (κ1) is 26.7. The molecule has 0 bridgehead atoms. The summed E-state index contributed by atoms with van der Waals surface area (Å²) in [5.74, 6) is 1.14. The first-order valence-electron chi connectivity index (χ1n) is 14.5. The number of anilines is 2. The van der Waals surface area contributed by atoms with Crippen molar-refractivity contribution in [2.45, 2.75) is 19.8 Å². The monoisotopic (exact) mass is 574 g/mol. The van der Waals surface area contributed by atoms with Gasteiger partial charge in [-0.1, -0.05) is 92.7 Å². The summed E-state index contributed by atoms with van der Waals surface area (Å²) in [7, 11) is 0. The summed E-state index contributed by atoms with van der Waals surface area (Å²) in [6, 6.07) is 42.1. The van der Waals surface area contributed by atoms with E-state index in [-0.39, 0.29) is 0 Å². The molecule has 0 aliphatic carbocycles. The average Bonchev–Trinajstić information content (AvgIpc) is 3.50. The molecule has 43 heavy (non-hydrogen) atoms. The molecule has 7 rings (SSSR count). The molecule has 4 nitrogen and oxygen atoms in total. The van der Waals surface area contributed by atoms with Crippen molar-refractivity contribution in [2.75, 3.05) is 5.32 Å². The van der Waals surface area contributed by atoms with Gasteiger partial charge >= 0.3 is 0 Å². The van der Waals surface area contributed by atoms with Gasteiger partial charge in [-0.25, -0.2) is 9.97 Å². The predicted octanol–water partition coefficient (Wildman–Crippen LogP) is 10.6. The third kappa shape index (κ3) is 5.43. The van der Waals surface area contributed by atoms with E-state index < -0.39 is 0 Å². The van der Waals surface area contributed by atoms with E-state index in [4.69, 9.17) is 15.0 Å². The van der Waals surface area contributed by atoms with Gasteiger partial charge in [-0.3, -0.25) is 4.98 Å². The Morgan fingerprint density at radius 2 is 1.37 bits per heavy atom. The molecule has 0 aliphatic heterocycles. The van der Waals surface area contributed by atoms with Crippen LogP contribution in [0.1, 0.15) is 25.3 Å². The van der Waals surface area contributed by atoms with E-state index in [1.54, 1.807) is 11.3 Å². The Hall–Kier alpha value is -5.13. The highest BCUT2D eigenvalue weighted by Crippen LogP contribution is 2.41. The normalized spacial score (nSPS) is 11.2. The van der Waals surface area contributed by atoms with Crippen molar-refractivity contribution in [3.8, 4) is 44.1 Å². The molecule has 0 unspecified atom stereocenters. The van der Waals surface area contributed by atoms with Gasteiger partial charge in [0.05, 0.1) is 15.9 Å². The van der Waals surface area contributed by atoms with Crippen molar-refractivity contribution in [3.63, 3.8) is 0 Å². The molecule has 208 valence electrons. The number of para-hydroxylation sites is 1. The van der Waals surface area contributed by atoms with Gasteiger partial charge in [-0.15, -0.1) is 11.3 Å². The molecule has 3 aromatic heterocycles. The van der Waals surface area contributed by atoms with E-state index >= 15 is 0 Å². The molecule has 0 fully saturated rings. The fourth-order valence-corrected chi connectivity index (χ4v) is 6.37. The van der Waals surface area contributed by atoms with Gasteiger partial charge in [0.15, 0.2) is 0 Å². The second kappa shape index (κ2) is 11.6. The lowest BCUT2D eigenvalue weighted by Gasteiger charge is -2.16. The van der Waals surface area contributed by atoms with Crippen LogP contribution >= 0.6 is 11.3 Å². The summed E-state index contributed by atoms with van der Waals surface area (Å²) in [4.78, 5) is 14.7. The summed E-state index contributed by atoms with van der Waals surface area (Å²) in [5.41, 5.74) is 10.7. The van der Waals surface area contributed by atoms with Crippen LogP contribution in [0.5, 0.6) is 0 Å². The van der Waals surface area contributed by atoms with Gasteiger partial charge in [0.1, 0.15) is 10.8 Å². The van der Waals surface area contributed by atoms with Crippen molar-refractivity contribution in [1.29, 1.82) is 0 Å². The predicted molar refractivity (Wildman–Crippen MR) is 181 cm³/mol. The zero-order chi connectivity index (χ0) is 29.2. The van der Waals surface area contributed by atoms with Crippen LogP contribution in [0.4, 0.5) is 11.5 Å². The first-order chi connectivity index (χ1) is 21.1. The van der Waals surface area contributed by atoms with Gasteiger partial charge in [0.2, 0.25) is 0 Å². The molecule has 0 saturated heterocycles. The minimum Gasteiger partial charge on any atom is -0.339 e. The van der Waals surface area contributed by atoms with Crippen molar-refractivity contribution in [3.05, 3.63) is 139 Å². The Bertz CT molecular complexity index is 2030. The third-order valence-corrected chi connectivity index (χ3v) is 8.70. The summed E-state index contributed by atoms with van der Waals surface area (Å²) < 4.78 is 1.16. The van der Waals surface area contributed by atoms with E-state index in [0.29, 0.717) is 5.92 Å². The van der Waals surface area contributed by atoms with Crippen molar-refractivity contribution >= 4 is 33.1 Å². The number of rotatable bonds is 7. The zero-order valence-electron chi connectivity index (χ0n) is 24.0. The topological polar surface area (TPSA) is 50.7 Å². The Balaban J connectivity index is 1.32. The minimum absolute atomic E-state index is 0.386. The van der Waals surface area contributed by atoms with Gasteiger partial charge in [0, 0.05) is 34.8 Å². The second-order valence-electron chi connectivity index (χ2n) is 10.8. The van der Waals surface area contributed by atoms with Crippen LogP contribution in [0.2, 0.25) is 0 Å². The molecule has 1 N–H and O–H groups in total. The van der Waals surface area contributed by atoms with E-state index in [0.717, 1.165) is 60.2 Å². The second-order valence-corrected chi connectivity index (χ2v) is 11.8. The van der Waals surface area contributed by atoms with E-state index in [9.17, 15) is 0 Å². The first-order valence-corrected chi connectivity index (χ1v) is 15.3. The Morgan fingerprint density at radius 3 is 2.16 bits per heavy atom. The molecule has 5 heteroatoms. The largest absolute Gasteiger partial charge is 0.339 e. The molecule has 3 heterocycles. The standard InChI is InChI=1S/C38H30N4S/c1-25(2)28-18-19-33(32(23-28)38-42-36-30(15-9-17-35(36)43-38)27-13-7-4-8-14-27)41-37-31(16-10-21-40-37)34-24-29(20-22-39-34)26-11-5-3-6-12-26/h3-25H,1-2H3,(H,40,41). The van der Waals surface area contributed by atoms with Crippen LogP contribution in [0, 0.1) is 0 Å². The molecule has 0 radical (unpaired) electrons. The maximum absolute atomic E-state index is 5.23. The number of fused-ring (bicyclic) bond motifs is 1. The van der Waals surface area contributed by atoms with Crippen molar-refractivity contribution in [1.82, 2.24) is 15.0 Å². The molecule has 0 spiro atoms. The van der Waals surface area contributed by atoms with Crippen LogP contribution in [0.25, 0.3) is 54.3 Å². The Morgan fingerprint density at radius 1 is 0.605 bits per heavy atom. The highest BCUT2D eigenvalue weighted by molar-refractivity contribution is 7.21. The Labute approximate surface area is 255 Å². The van der Waals surface area contributed by atoms with E-state index in [1.165, 1.54) is 11.1 Å². The third-order valence-electron chi connectivity index (χ3n) is 7.65. The lowest BCUT2D eigenvalue weighted by Crippen LogP contribution is -2.00. The SMILES string of the molecule is CC(C)c1ccc(Nc2ncccc2-c2cc(-c3ccccc3)ccn2)c(-c2nc3c(-c4ccccc4)cccc3s2)c1. The number of nitrogens with zero attached hydrogens (tertiary/aromatic N) is 3. The number of nitrogens with one attached hydrogen (secondary N) is 1. The number of aromatic nitrogens is 3. The summed E-state index contributed by atoms with van der Waals surface area (Å²) in [5, 5.41) is 4.65. The molecule has 0 saturated carbocycles. The Kier molecular flexibility index (Phi) is 7.23. The van der Waals surface area contributed by atoms with Crippen LogP contribution in [0.3, 0.4) is 0 Å². The lowest BCUT2D eigenvalue weighted by molar-refractivity contribution is 0.867. The zero-order valence-corrected chi connectivity index (χ0v) is 24.8. The lowest BCUT2D eigenvalue weighted by atomic mass is 9.99. The van der Waals surface area contributed by atoms with Crippen LogP contribution < -0.4 is 5.32 Å². The number of pyridine rings is 2. The number of hydrogen-bond acceptors (Lipinski definition) is 5. The minimum atomic E-state index is 0.386. The molecule has 4 aromatic carbocycles. The van der Waals surface area contributed by atoms with Gasteiger partial charge in [0.25, 0.3) is 0 Å². The summed E-state index contributed by atoms with van der Waals surface area (Å²) in [6.45, 7) is 4.45. The average molecular weight is 575 g/mol. The van der Waals surface area contributed by atoms with E-state index in [2.05, 4.69) is 116 Å². The molecule has 7 aromatic rings. The maximum atomic E-state index is 5.23. The van der Waals surface area contributed by atoms with Gasteiger partial charge in [-0.05, 0) is 70.6 Å². The number of thiazole rings is 1. The quantitative estimate of drug-likeness (QED) is 0.206. The van der Waals surface area contributed by atoms with E-state index in [1.807, 2.05) is 36.7 Å². The fourth-order valence-electron chi connectivity index (χ4n) is 5.35. The summed E-state index contributed by atoms with van der Waals surface area (Å²) in [6.07, 6.45) is 3.68. The fraction of sp³-hybridized carbons (Fsp3) is 0.0789. The van der Waals surface area contributed by atoms with Crippen molar-refractivity contribution < 1.29 is 0 Å². The van der Waals surface area contributed by atoms with Gasteiger partial charge < -0.3 is 5.32 Å². The molecule has 0 atom stereocenters. The molecular formula is C38H30N4S. The number of benzene rings is 4. The van der Waals surface area contributed by atoms with Crippen LogP contribution in [-0.4, -0.2) is 15.0 Å². The highest BCUT2D eigenvalue weighted by atomic mass is 32.1. The van der Waals surface area contributed by atoms with Crippen LogP contribution in [-0.2, 0) is 0 Å².